The Labute approximate surface area is 88.4 Å². The van der Waals surface area contributed by atoms with Crippen LogP contribution in [0.5, 0.6) is 0 Å². The Morgan fingerprint density at radius 3 is 2.00 bits per heavy atom. The molecule has 84 valence electrons. The van der Waals surface area contributed by atoms with Crippen LogP contribution in [0, 0.1) is 0 Å². The number of thiocarbonyl (C=S) groups is 1. The Morgan fingerprint density at radius 1 is 1.29 bits per heavy atom. The van der Waals surface area contributed by atoms with E-state index in [1.54, 1.807) is 0 Å². The maximum atomic E-state index is 11.5. The molecule has 0 aliphatic rings. The molecule has 0 heterocycles. The standard InChI is InChI=1S/C6H14N2O4S2/c7-6(13)5-14(11,12)8(1-3-9)2-4-10/h9-10H,1-5H2,(H2,7,13). The number of aliphatic hydroxyl groups is 2. The van der Waals surface area contributed by atoms with Gasteiger partial charge in [-0.25, -0.2) is 8.42 Å². The number of nitrogens with zero attached hydrogens (tertiary/aromatic N) is 1. The monoisotopic (exact) mass is 242 g/mol. The quantitative estimate of drug-likeness (QED) is 0.441. The summed E-state index contributed by atoms with van der Waals surface area (Å²) in [5, 5.41) is 17.2. The summed E-state index contributed by atoms with van der Waals surface area (Å²) in [6.07, 6.45) is 0. The smallest absolute Gasteiger partial charge is 0.220 e. The van der Waals surface area contributed by atoms with E-state index in [4.69, 9.17) is 15.9 Å². The Kier molecular flexibility index (Phi) is 6.12. The van der Waals surface area contributed by atoms with Crippen molar-refractivity contribution in [3.8, 4) is 0 Å². The van der Waals surface area contributed by atoms with Gasteiger partial charge in [-0.05, 0) is 0 Å². The fraction of sp³-hybridized carbons (Fsp3) is 0.833. The Morgan fingerprint density at radius 2 is 1.71 bits per heavy atom. The van der Waals surface area contributed by atoms with Crippen LogP contribution in [0.15, 0.2) is 0 Å². The van der Waals surface area contributed by atoms with Crippen LogP contribution in [0.4, 0.5) is 0 Å². The van der Waals surface area contributed by atoms with E-state index in [9.17, 15) is 8.42 Å². The molecule has 0 unspecified atom stereocenters. The molecule has 8 heteroatoms. The van der Waals surface area contributed by atoms with Crippen molar-refractivity contribution in [1.82, 2.24) is 4.31 Å². The lowest BCUT2D eigenvalue weighted by Gasteiger charge is -2.19. The molecule has 0 aromatic rings. The average Bonchev–Trinajstić information content (AvgIpc) is 2.01. The lowest BCUT2D eigenvalue weighted by atomic mass is 10.6. The lowest BCUT2D eigenvalue weighted by Crippen LogP contribution is -2.40. The third kappa shape index (κ3) is 4.82. The van der Waals surface area contributed by atoms with Gasteiger partial charge in [-0.1, -0.05) is 12.2 Å². The Bertz CT molecular complexity index is 272. The number of hydrogen-bond acceptors (Lipinski definition) is 5. The summed E-state index contributed by atoms with van der Waals surface area (Å²) in [4.78, 5) is -0.133. The zero-order valence-corrected chi connectivity index (χ0v) is 9.22. The van der Waals surface area contributed by atoms with Crippen LogP contribution in [0.1, 0.15) is 0 Å². The molecule has 0 aromatic carbocycles. The van der Waals surface area contributed by atoms with Crippen molar-refractivity contribution >= 4 is 27.2 Å². The zero-order valence-electron chi connectivity index (χ0n) is 7.59. The molecule has 0 rings (SSSR count). The van der Waals surface area contributed by atoms with Crippen LogP contribution in [0.3, 0.4) is 0 Å². The van der Waals surface area contributed by atoms with Crippen LogP contribution in [-0.2, 0) is 10.0 Å². The maximum absolute atomic E-state index is 11.5. The number of aliphatic hydroxyl groups excluding tert-OH is 2. The van der Waals surface area contributed by atoms with Gasteiger partial charge in [0.1, 0.15) is 5.75 Å². The number of sulfonamides is 1. The van der Waals surface area contributed by atoms with Gasteiger partial charge in [-0.3, -0.25) is 0 Å². The SMILES string of the molecule is NC(=S)CS(=O)(=O)N(CCO)CCO. The second-order valence-electron chi connectivity index (χ2n) is 2.57. The van der Waals surface area contributed by atoms with Crippen LogP contribution < -0.4 is 5.73 Å². The van der Waals surface area contributed by atoms with Crippen LogP contribution >= 0.6 is 12.2 Å². The lowest BCUT2D eigenvalue weighted by molar-refractivity contribution is 0.218. The highest BCUT2D eigenvalue weighted by Gasteiger charge is 2.21. The number of rotatable bonds is 7. The van der Waals surface area contributed by atoms with Crippen molar-refractivity contribution < 1.29 is 18.6 Å². The molecule has 0 aliphatic heterocycles. The molecule has 4 N–H and O–H groups in total. The minimum atomic E-state index is -3.60. The fourth-order valence-electron chi connectivity index (χ4n) is 0.884. The minimum Gasteiger partial charge on any atom is -0.395 e. The average molecular weight is 242 g/mol. The first-order valence-corrected chi connectivity index (χ1v) is 5.93. The topological polar surface area (TPSA) is 104 Å². The van der Waals surface area contributed by atoms with Gasteiger partial charge in [0.25, 0.3) is 0 Å². The predicted octanol–water partition coefficient (Wildman–Crippen LogP) is -2.11. The van der Waals surface area contributed by atoms with E-state index >= 15 is 0 Å². The molecule has 0 saturated heterocycles. The molecule has 0 fully saturated rings. The van der Waals surface area contributed by atoms with Gasteiger partial charge in [0.05, 0.1) is 18.2 Å². The van der Waals surface area contributed by atoms with E-state index in [1.807, 2.05) is 0 Å². The van der Waals surface area contributed by atoms with E-state index in [2.05, 4.69) is 12.2 Å². The van der Waals surface area contributed by atoms with Crippen molar-refractivity contribution in [2.75, 3.05) is 32.1 Å². The summed E-state index contributed by atoms with van der Waals surface area (Å²) in [7, 11) is -3.60. The molecule has 14 heavy (non-hydrogen) atoms. The van der Waals surface area contributed by atoms with Crippen molar-refractivity contribution in [2.24, 2.45) is 5.73 Å². The van der Waals surface area contributed by atoms with Crippen LogP contribution in [0.2, 0.25) is 0 Å². The summed E-state index contributed by atoms with van der Waals surface area (Å²) >= 11 is 4.48. The first-order valence-electron chi connectivity index (χ1n) is 3.92. The van der Waals surface area contributed by atoms with Crippen molar-refractivity contribution in [3.05, 3.63) is 0 Å². The predicted molar refractivity (Wildman–Crippen MR) is 56.3 cm³/mol. The molecule has 0 bridgehead atoms. The largest absolute Gasteiger partial charge is 0.395 e. The molecule has 0 saturated carbocycles. The third-order valence-corrected chi connectivity index (χ3v) is 3.57. The maximum Gasteiger partial charge on any atom is 0.220 e. The first kappa shape index (κ1) is 13.7. The molecule has 0 spiro atoms. The zero-order chi connectivity index (χ0) is 11.2. The van der Waals surface area contributed by atoms with Gasteiger partial charge >= 0.3 is 0 Å². The highest BCUT2D eigenvalue weighted by atomic mass is 32.2. The van der Waals surface area contributed by atoms with E-state index in [-0.39, 0.29) is 31.3 Å². The first-order chi connectivity index (χ1) is 6.44. The molecule has 0 aliphatic carbocycles. The Hall–Kier alpha value is -0.280. The summed E-state index contributed by atoms with van der Waals surface area (Å²) in [5.41, 5.74) is 5.11. The summed E-state index contributed by atoms with van der Waals surface area (Å²) in [6.45, 7) is -0.746. The van der Waals surface area contributed by atoms with Gasteiger partial charge in [0.2, 0.25) is 10.0 Å². The third-order valence-electron chi connectivity index (χ3n) is 1.42. The fourth-order valence-corrected chi connectivity index (χ4v) is 2.59. The molecular weight excluding hydrogens is 228 g/mol. The normalized spacial score (nSPS) is 11.9. The van der Waals surface area contributed by atoms with Gasteiger partial charge in [0.15, 0.2) is 0 Å². The highest BCUT2D eigenvalue weighted by molar-refractivity contribution is 7.92. The molecule has 0 aromatic heterocycles. The van der Waals surface area contributed by atoms with Crippen molar-refractivity contribution in [2.45, 2.75) is 0 Å². The molecule has 0 amide bonds. The highest BCUT2D eigenvalue weighted by Crippen LogP contribution is 2.00. The minimum absolute atomic E-state index is 0.0640. The van der Waals surface area contributed by atoms with Crippen molar-refractivity contribution in [3.63, 3.8) is 0 Å². The Balaban J connectivity index is 4.53. The molecule has 0 radical (unpaired) electrons. The van der Waals surface area contributed by atoms with Gasteiger partial charge in [-0.15, -0.1) is 0 Å². The molecule has 6 nitrogen and oxygen atoms in total. The van der Waals surface area contributed by atoms with E-state index in [0.29, 0.717) is 0 Å². The summed E-state index contributed by atoms with van der Waals surface area (Å²) in [6, 6.07) is 0. The van der Waals surface area contributed by atoms with E-state index in [0.717, 1.165) is 4.31 Å². The number of nitrogens with two attached hydrogens (primary N) is 1. The summed E-state index contributed by atoms with van der Waals surface area (Å²) in [5.74, 6) is -0.442. The molecular formula is C6H14N2O4S2. The van der Waals surface area contributed by atoms with Gasteiger partial charge in [-0.2, -0.15) is 4.31 Å². The van der Waals surface area contributed by atoms with Crippen molar-refractivity contribution in [1.29, 1.82) is 0 Å². The van der Waals surface area contributed by atoms with Crippen LogP contribution in [0.25, 0.3) is 0 Å². The van der Waals surface area contributed by atoms with Gasteiger partial charge in [0, 0.05) is 13.1 Å². The second-order valence-corrected chi connectivity index (χ2v) is 5.06. The number of hydrogen-bond donors (Lipinski definition) is 3. The second kappa shape index (κ2) is 6.25. The summed E-state index contributed by atoms with van der Waals surface area (Å²) < 4.78 is 23.9. The van der Waals surface area contributed by atoms with E-state index < -0.39 is 15.8 Å². The van der Waals surface area contributed by atoms with E-state index in [1.165, 1.54) is 0 Å². The van der Waals surface area contributed by atoms with Gasteiger partial charge < -0.3 is 15.9 Å². The van der Waals surface area contributed by atoms with Crippen LogP contribution in [-0.4, -0.2) is 60.0 Å². The molecule has 0 atom stereocenters.